The summed E-state index contributed by atoms with van der Waals surface area (Å²) in [5.74, 6) is 1.57. The zero-order valence-corrected chi connectivity index (χ0v) is 19.8. The largest absolute Gasteiger partial charge is 0.493 e. The van der Waals surface area contributed by atoms with Crippen LogP contribution >= 0.6 is 23.2 Å². The minimum atomic E-state index is -0.461. The molecular formula is C23H19Cl2N7O2. The number of halogens is 2. The van der Waals surface area contributed by atoms with Crippen LogP contribution in [-0.2, 0) is 0 Å². The molecule has 1 saturated heterocycles. The standard InChI is InChI=1S/C23H19Cl2N7O2/c1-12(21-16(24)10-27-11-17(21)25)34-20-5-15-18(6-19(20)33-2)30-31-22(15)13-8-28-23(29-9-13)32-4-3-14(32)7-26/h5-6,8-12,14H,3-4H2,1-2H3,(H,30,31)/t12-,14?/m1/s1. The van der Waals surface area contributed by atoms with E-state index in [9.17, 15) is 5.26 Å². The van der Waals surface area contributed by atoms with Crippen molar-refractivity contribution in [3.05, 3.63) is 52.5 Å². The quantitative estimate of drug-likeness (QED) is 0.398. The number of H-pyrrole nitrogens is 1. The van der Waals surface area contributed by atoms with Crippen LogP contribution in [0.4, 0.5) is 5.95 Å². The Hall–Kier alpha value is -3.61. The number of hydrogen-bond acceptors (Lipinski definition) is 8. The highest BCUT2D eigenvalue weighted by Gasteiger charge is 2.30. The summed E-state index contributed by atoms with van der Waals surface area (Å²) < 4.78 is 11.8. The number of ether oxygens (including phenoxy) is 2. The molecule has 9 nitrogen and oxygen atoms in total. The van der Waals surface area contributed by atoms with Crippen LogP contribution in [0.25, 0.3) is 22.2 Å². The highest BCUT2D eigenvalue weighted by molar-refractivity contribution is 6.35. The van der Waals surface area contributed by atoms with Crippen LogP contribution in [0.1, 0.15) is 25.0 Å². The zero-order chi connectivity index (χ0) is 23.8. The lowest BCUT2D eigenvalue weighted by Crippen LogP contribution is -2.47. The number of pyridine rings is 1. The summed E-state index contributed by atoms with van der Waals surface area (Å²) >= 11 is 12.6. The summed E-state index contributed by atoms with van der Waals surface area (Å²) in [6.07, 6.45) is 6.82. The molecule has 0 aliphatic carbocycles. The maximum absolute atomic E-state index is 9.17. The van der Waals surface area contributed by atoms with Gasteiger partial charge < -0.3 is 14.4 Å². The number of aromatic nitrogens is 5. The fourth-order valence-corrected chi connectivity index (χ4v) is 4.58. The van der Waals surface area contributed by atoms with Crippen molar-refractivity contribution in [2.45, 2.75) is 25.5 Å². The highest BCUT2D eigenvalue weighted by atomic mass is 35.5. The number of nitriles is 1. The number of methoxy groups -OCH3 is 1. The van der Waals surface area contributed by atoms with E-state index in [4.69, 9.17) is 32.7 Å². The number of anilines is 1. The van der Waals surface area contributed by atoms with Gasteiger partial charge in [0.1, 0.15) is 17.8 Å². The lowest BCUT2D eigenvalue weighted by molar-refractivity contribution is 0.216. The van der Waals surface area contributed by atoms with Gasteiger partial charge in [0.15, 0.2) is 11.5 Å². The number of rotatable bonds is 6. The molecule has 0 amide bonds. The Morgan fingerprint density at radius 1 is 1.15 bits per heavy atom. The summed E-state index contributed by atoms with van der Waals surface area (Å²) in [6.45, 7) is 2.62. The Bertz CT molecular complexity index is 1380. The number of hydrogen-bond donors (Lipinski definition) is 1. The smallest absolute Gasteiger partial charge is 0.226 e. The number of aromatic amines is 1. The molecule has 172 valence electrons. The second-order valence-corrected chi connectivity index (χ2v) is 8.61. The van der Waals surface area contributed by atoms with Gasteiger partial charge in [0, 0.05) is 53.9 Å². The molecule has 5 rings (SSSR count). The third-order valence-electron chi connectivity index (χ3n) is 5.78. The van der Waals surface area contributed by atoms with Gasteiger partial charge in [-0.25, -0.2) is 9.97 Å². The summed E-state index contributed by atoms with van der Waals surface area (Å²) in [5, 5.41) is 18.3. The molecule has 0 saturated carbocycles. The van der Waals surface area contributed by atoms with Crippen LogP contribution in [0.3, 0.4) is 0 Å². The van der Waals surface area contributed by atoms with E-state index in [1.165, 1.54) is 12.4 Å². The van der Waals surface area contributed by atoms with Crippen LogP contribution in [0.15, 0.2) is 36.9 Å². The van der Waals surface area contributed by atoms with Crippen LogP contribution in [0, 0.1) is 11.3 Å². The van der Waals surface area contributed by atoms with Crippen LogP contribution < -0.4 is 14.4 Å². The van der Waals surface area contributed by atoms with Gasteiger partial charge >= 0.3 is 0 Å². The molecule has 0 radical (unpaired) electrons. The predicted molar refractivity (Wildman–Crippen MR) is 128 cm³/mol. The van der Waals surface area contributed by atoms with Crippen molar-refractivity contribution < 1.29 is 9.47 Å². The molecule has 34 heavy (non-hydrogen) atoms. The number of benzene rings is 1. The maximum Gasteiger partial charge on any atom is 0.226 e. The molecule has 1 fully saturated rings. The van der Waals surface area contributed by atoms with Crippen molar-refractivity contribution in [2.75, 3.05) is 18.6 Å². The van der Waals surface area contributed by atoms with E-state index >= 15 is 0 Å². The summed E-state index contributed by atoms with van der Waals surface area (Å²) in [5.41, 5.74) is 2.80. The Balaban J connectivity index is 1.48. The first-order chi connectivity index (χ1) is 16.5. The second kappa shape index (κ2) is 8.97. The minimum Gasteiger partial charge on any atom is -0.493 e. The van der Waals surface area contributed by atoms with Crippen molar-refractivity contribution in [1.29, 1.82) is 5.26 Å². The van der Waals surface area contributed by atoms with Crippen molar-refractivity contribution in [3.8, 4) is 28.8 Å². The van der Waals surface area contributed by atoms with E-state index < -0.39 is 6.10 Å². The summed E-state index contributed by atoms with van der Waals surface area (Å²) in [4.78, 5) is 14.8. The summed E-state index contributed by atoms with van der Waals surface area (Å²) in [7, 11) is 1.57. The van der Waals surface area contributed by atoms with E-state index in [-0.39, 0.29) is 6.04 Å². The fourth-order valence-electron chi connectivity index (χ4n) is 3.91. The van der Waals surface area contributed by atoms with E-state index in [1.54, 1.807) is 19.5 Å². The van der Waals surface area contributed by atoms with Crippen molar-refractivity contribution >= 4 is 40.1 Å². The van der Waals surface area contributed by atoms with E-state index in [0.717, 1.165) is 29.4 Å². The van der Waals surface area contributed by atoms with Gasteiger partial charge in [0.25, 0.3) is 0 Å². The molecule has 2 atom stereocenters. The van der Waals surface area contributed by atoms with E-state index in [2.05, 4.69) is 31.2 Å². The van der Waals surface area contributed by atoms with E-state index in [0.29, 0.717) is 38.8 Å². The van der Waals surface area contributed by atoms with Gasteiger partial charge in [0.2, 0.25) is 5.95 Å². The Morgan fingerprint density at radius 2 is 1.88 bits per heavy atom. The monoisotopic (exact) mass is 495 g/mol. The molecule has 1 aromatic carbocycles. The average molecular weight is 496 g/mol. The number of nitrogens with zero attached hydrogens (tertiary/aromatic N) is 6. The first kappa shape index (κ1) is 22.2. The van der Waals surface area contributed by atoms with E-state index in [1.807, 2.05) is 24.0 Å². The van der Waals surface area contributed by atoms with Crippen LogP contribution in [0.2, 0.25) is 10.0 Å². The van der Waals surface area contributed by atoms with Crippen LogP contribution in [0.5, 0.6) is 11.5 Å². The summed E-state index contributed by atoms with van der Waals surface area (Å²) in [6, 6.07) is 5.74. The second-order valence-electron chi connectivity index (χ2n) is 7.80. The lowest BCUT2D eigenvalue weighted by Gasteiger charge is -2.36. The van der Waals surface area contributed by atoms with Gasteiger partial charge in [-0.1, -0.05) is 23.2 Å². The third-order valence-corrected chi connectivity index (χ3v) is 6.39. The molecule has 4 heterocycles. The SMILES string of the molecule is COc1cc2[nH]nc(-c3cnc(N4CCC4C#N)nc3)c2cc1O[C@H](C)c1c(Cl)cncc1Cl. The molecule has 4 aromatic rings. The highest BCUT2D eigenvalue weighted by Crippen LogP contribution is 2.40. The Morgan fingerprint density at radius 3 is 2.50 bits per heavy atom. The molecule has 0 bridgehead atoms. The maximum atomic E-state index is 9.17. The molecule has 3 aromatic heterocycles. The van der Waals surface area contributed by atoms with Crippen molar-refractivity contribution in [3.63, 3.8) is 0 Å². The topological polar surface area (TPSA) is 113 Å². The Labute approximate surface area is 205 Å². The van der Waals surface area contributed by atoms with Crippen LogP contribution in [-0.4, -0.2) is 44.8 Å². The van der Waals surface area contributed by atoms with Gasteiger partial charge in [-0.15, -0.1) is 0 Å². The van der Waals surface area contributed by atoms with Gasteiger partial charge in [0.05, 0.1) is 28.7 Å². The van der Waals surface area contributed by atoms with Gasteiger partial charge in [-0.05, 0) is 19.4 Å². The first-order valence-corrected chi connectivity index (χ1v) is 11.3. The molecule has 0 spiro atoms. The van der Waals surface area contributed by atoms with Gasteiger partial charge in [-0.3, -0.25) is 10.1 Å². The predicted octanol–water partition coefficient (Wildman–Crippen LogP) is 4.97. The molecule has 11 heteroatoms. The molecule has 1 aliphatic heterocycles. The minimum absolute atomic E-state index is 0.173. The average Bonchev–Trinajstić information content (AvgIpc) is 3.21. The fraction of sp³-hybridized carbons (Fsp3) is 0.261. The van der Waals surface area contributed by atoms with Gasteiger partial charge in [-0.2, -0.15) is 10.4 Å². The molecule has 1 aliphatic rings. The zero-order valence-electron chi connectivity index (χ0n) is 18.3. The molecule has 1 unspecified atom stereocenters. The van der Waals surface area contributed by atoms with Crippen molar-refractivity contribution in [1.82, 2.24) is 25.1 Å². The normalized spacial score (nSPS) is 16.1. The lowest BCUT2D eigenvalue weighted by atomic mass is 10.1. The Kier molecular flexibility index (Phi) is 5.86. The number of nitrogens with one attached hydrogen (secondary N) is 1. The first-order valence-electron chi connectivity index (χ1n) is 10.5. The number of fused-ring (bicyclic) bond motifs is 1. The third kappa shape index (κ3) is 3.85. The van der Waals surface area contributed by atoms with Crippen molar-refractivity contribution in [2.24, 2.45) is 0 Å². The molecular weight excluding hydrogens is 477 g/mol. The molecule has 1 N–H and O–H groups in total.